The predicted molar refractivity (Wildman–Crippen MR) is 100 cm³/mol. The maximum Gasteiger partial charge on any atom is 0.241 e. The van der Waals surface area contributed by atoms with Gasteiger partial charge in [-0.3, -0.25) is 9.69 Å². The molecule has 4 nitrogen and oxygen atoms in total. The number of anilines is 1. The van der Waals surface area contributed by atoms with Gasteiger partial charge in [-0.2, -0.15) is 0 Å². The zero-order valence-corrected chi connectivity index (χ0v) is 14.5. The lowest BCUT2D eigenvalue weighted by atomic mass is 10.0. The molecule has 1 unspecified atom stereocenters. The van der Waals surface area contributed by atoms with Crippen LogP contribution < -0.4 is 5.32 Å². The second-order valence-electron chi connectivity index (χ2n) is 6.07. The summed E-state index contributed by atoms with van der Waals surface area (Å²) in [7, 11) is 1.91. The summed E-state index contributed by atoms with van der Waals surface area (Å²) in [5.74, 6) is 0.796. The van der Waals surface area contributed by atoms with Crippen LogP contribution in [0.15, 0.2) is 77.4 Å². The minimum Gasteiger partial charge on any atom is -0.468 e. The normalized spacial score (nSPS) is 12.1. The Morgan fingerprint density at radius 1 is 1.04 bits per heavy atom. The van der Waals surface area contributed by atoms with E-state index in [9.17, 15) is 4.79 Å². The maximum absolute atomic E-state index is 12.7. The van der Waals surface area contributed by atoms with E-state index in [2.05, 4.69) is 5.32 Å². The maximum atomic E-state index is 12.7. The molecule has 4 heteroatoms. The molecule has 0 radical (unpaired) electrons. The number of furan rings is 1. The van der Waals surface area contributed by atoms with Gasteiger partial charge in [-0.1, -0.05) is 48.5 Å². The van der Waals surface area contributed by atoms with Gasteiger partial charge in [0.2, 0.25) is 5.91 Å². The Hall–Kier alpha value is -2.85. The van der Waals surface area contributed by atoms with E-state index in [1.54, 1.807) is 6.26 Å². The van der Waals surface area contributed by atoms with Crippen molar-refractivity contribution in [3.8, 4) is 11.1 Å². The lowest BCUT2D eigenvalue weighted by Crippen LogP contribution is -2.39. The van der Waals surface area contributed by atoms with Crippen LogP contribution in [-0.4, -0.2) is 23.9 Å². The van der Waals surface area contributed by atoms with Crippen molar-refractivity contribution >= 4 is 11.6 Å². The summed E-state index contributed by atoms with van der Waals surface area (Å²) in [6, 6.07) is 21.4. The number of para-hydroxylation sites is 1. The second kappa shape index (κ2) is 7.81. The summed E-state index contributed by atoms with van der Waals surface area (Å²) in [6.45, 7) is 2.48. The Bertz CT molecular complexity index is 813. The minimum absolute atomic E-state index is 0.0440. The van der Waals surface area contributed by atoms with Crippen LogP contribution in [0.1, 0.15) is 12.7 Å². The molecule has 0 saturated carbocycles. The first-order valence-corrected chi connectivity index (χ1v) is 8.33. The first-order valence-electron chi connectivity index (χ1n) is 8.33. The van der Waals surface area contributed by atoms with Gasteiger partial charge in [0.05, 0.1) is 18.8 Å². The molecule has 25 heavy (non-hydrogen) atoms. The van der Waals surface area contributed by atoms with Crippen molar-refractivity contribution in [1.82, 2.24) is 4.90 Å². The van der Waals surface area contributed by atoms with Crippen LogP contribution in [-0.2, 0) is 11.3 Å². The molecular formula is C21H22N2O2. The largest absolute Gasteiger partial charge is 0.468 e. The highest BCUT2D eigenvalue weighted by molar-refractivity contribution is 5.98. The van der Waals surface area contributed by atoms with E-state index in [1.165, 1.54) is 0 Å². The highest BCUT2D eigenvalue weighted by Gasteiger charge is 2.20. The SMILES string of the molecule is CC(C(=O)Nc1ccccc1-c1ccccc1)N(C)Cc1ccco1. The van der Waals surface area contributed by atoms with Crippen molar-refractivity contribution in [2.75, 3.05) is 12.4 Å². The molecule has 1 atom stereocenters. The van der Waals surface area contributed by atoms with Crippen molar-refractivity contribution < 1.29 is 9.21 Å². The van der Waals surface area contributed by atoms with Crippen LogP contribution in [0.2, 0.25) is 0 Å². The van der Waals surface area contributed by atoms with E-state index in [0.29, 0.717) is 6.54 Å². The van der Waals surface area contributed by atoms with Crippen LogP contribution >= 0.6 is 0 Å². The first-order chi connectivity index (χ1) is 12.1. The molecule has 1 amide bonds. The molecule has 0 fully saturated rings. The van der Waals surface area contributed by atoms with Gasteiger partial charge in [0.25, 0.3) is 0 Å². The molecule has 0 aliphatic rings. The van der Waals surface area contributed by atoms with E-state index in [1.807, 2.05) is 85.6 Å². The summed E-state index contributed by atoms with van der Waals surface area (Å²) in [4.78, 5) is 14.6. The van der Waals surface area contributed by atoms with Gasteiger partial charge in [0.1, 0.15) is 5.76 Å². The minimum atomic E-state index is -0.283. The van der Waals surface area contributed by atoms with Crippen LogP contribution in [0.25, 0.3) is 11.1 Å². The fraction of sp³-hybridized carbons (Fsp3) is 0.190. The average molecular weight is 334 g/mol. The van der Waals surface area contributed by atoms with Gasteiger partial charge in [-0.05, 0) is 37.7 Å². The molecule has 1 N–H and O–H groups in total. The third-order valence-electron chi connectivity index (χ3n) is 4.30. The number of likely N-dealkylation sites (N-methyl/N-ethyl adjacent to an activating group) is 1. The number of rotatable bonds is 6. The van der Waals surface area contributed by atoms with Crippen LogP contribution in [0.4, 0.5) is 5.69 Å². The Kier molecular flexibility index (Phi) is 5.31. The van der Waals surface area contributed by atoms with E-state index >= 15 is 0 Å². The van der Waals surface area contributed by atoms with Crippen LogP contribution in [0, 0.1) is 0 Å². The third-order valence-corrected chi connectivity index (χ3v) is 4.30. The van der Waals surface area contributed by atoms with Gasteiger partial charge in [0.15, 0.2) is 0 Å². The number of carbonyl (C=O) groups is 1. The average Bonchev–Trinajstić information content (AvgIpc) is 3.15. The molecule has 3 rings (SSSR count). The highest BCUT2D eigenvalue weighted by atomic mass is 16.3. The smallest absolute Gasteiger partial charge is 0.241 e. The van der Waals surface area contributed by atoms with E-state index in [0.717, 1.165) is 22.6 Å². The summed E-state index contributed by atoms with van der Waals surface area (Å²) in [5.41, 5.74) is 2.91. The van der Waals surface area contributed by atoms with Crippen molar-refractivity contribution in [2.45, 2.75) is 19.5 Å². The third kappa shape index (κ3) is 4.17. The summed E-state index contributed by atoms with van der Waals surface area (Å²) < 4.78 is 5.36. The molecule has 3 aromatic rings. The second-order valence-corrected chi connectivity index (χ2v) is 6.07. The zero-order valence-electron chi connectivity index (χ0n) is 14.5. The number of hydrogen-bond donors (Lipinski definition) is 1. The fourth-order valence-corrected chi connectivity index (χ4v) is 2.68. The Balaban J connectivity index is 1.73. The fourth-order valence-electron chi connectivity index (χ4n) is 2.68. The Morgan fingerprint density at radius 2 is 1.76 bits per heavy atom. The number of amides is 1. The lowest BCUT2D eigenvalue weighted by molar-refractivity contribution is -0.120. The van der Waals surface area contributed by atoms with Crippen molar-refractivity contribution in [2.24, 2.45) is 0 Å². The zero-order chi connectivity index (χ0) is 17.6. The number of nitrogens with zero attached hydrogens (tertiary/aromatic N) is 1. The van der Waals surface area contributed by atoms with Crippen molar-refractivity contribution in [1.29, 1.82) is 0 Å². The number of carbonyl (C=O) groups excluding carboxylic acids is 1. The molecule has 0 aliphatic carbocycles. The molecule has 1 aromatic heterocycles. The molecule has 0 spiro atoms. The van der Waals surface area contributed by atoms with E-state index in [4.69, 9.17) is 4.42 Å². The van der Waals surface area contributed by atoms with Gasteiger partial charge < -0.3 is 9.73 Å². The van der Waals surface area contributed by atoms with Crippen molar-refractivity contribution in [3.05, 3.63) is 78.8 Å². The van der Waals surface area contributed by atoms with Gasteiger partial charge in [0, 0.05) is 11.3 Å². The number of benzene rings is 2. The molecule has 2 aromatic carbocycles. The van der Waals surface area contributed by atoms with Gasteiger partial charge in [-0.15, -0.1) is 0 Å². The molecule has 1 heterocycles. The molecule has 128 valence electrons. The Morgan fingerprint density at radius 3 is 2.48 bits per heavy atom. The van der Waals surface area contributed by atoms with E-state index in [-0.39, 0.29) is 11.9 Å². The highest BCUT2D eigenvalue weighted by Crippen LogP contribution is 2.27. The summed E-state index contributed by atoms with van der Waals surface area (Å²) >= 11 is 0. The first kappa shape index (κ1) is 17.0. The van der Waals surface area contributed by atoms with Gasteiger partial charge in [-0.25, -0.2) is 0 Å². The van der Waals surface area contributed by atoms with Crippen molar-refractivity contribution in [3.63, 3.8) is 0 Å². The summed E-state index contributed by atoms with van der Waals surface area (Å²) in [6.07, 6.45) is 1.64. The Labute approximate surface area is 148 Å². The molecule has 0 aliphatic heterocycles. The monoisotopic (exact) mass is 334 g/mol. The number of hydrogen-bond acceptors (Lipinski definition) is 3. The molecule has 0 bridgehead atoms. The topological polar surface area (TPSA) is 45.5 Å². The lowest BCUT2D eigenvalue weighted by Gasteiger charge is -2.23. The van der Waals surface area contributed by atoms with Crippen LogP contribution in [0.5, 0.6) is 0 Å². The predicted octanol–water partition coefficient (Wildman–Crippen LogP) is 4.41. The van der Waals surface area contributed by atoms with E-state index < -0.39 is 0 Å². The quantitative estimate of drug-likeness (QED) is 0.726. The van der Waals surface area contributed by atoms with Gasteiger partial charge >= 0.3 is 0 Å². The molecule has 0 saturated heterocycles. The van der Waals surface area contributed by atoms with Crippen LogP contribution in [0.3, 0.4) is 0 Å². The number of nitrogens with one attached hydrogen (secondary N) is 1. The standard InChI is InChI=1S/C21H22N2O2/c1-16(23(2)15-18-11-8-14-25-18)21(24)22-20-13-7-6-12-19(20)17-9-4-3-5-10-17/h3-14,16H,15H2,1-2H3,(H,22,24). The summed E-state index contributed by atoms with van der Waals surface area (Å²) in [5, 5.41) is 3.06. The molecular weight excluding hydrogens is 312 g/mol.